The molecule has 4 saturated carbocycles. The van der Waals surface area contributed by atoms with Gasteiger partial charge in [0, 0.05) is 25.0 Å². The predicted molar refractivity (Wildman–Crippen MR) is 109 cm³/mol. The molecule has 4 fully saturated rings. The van der Waals surface area contributed by atoms with Gasteiger partial charge in [0.15, 0.2) is 0 Å². The monoisotopic (exact) mass is 388 g/mol. The summed E-state index contributed by atoms with van der Waals surface area (Å²) in [6.07, 6.45) is 10.6. The molecule has 4 aliphatic rings. The van der Waals surface area contributed by atoms with Crippen LogP contribution in [0.1, 0.15) is 85.5 Å². The van der Waals surface area contributed by atoms with Crippen molar-refractivity contribution in [1.82, 2.24) is 5.43 Å². The number of nitrogens with one attached hydrogen (secondary N) is 1. The van der Waals surface area contributed by atoms with Crippen LogP contribution in [0.5, 0.6) is 0 Å². The SMILES string of the molecule is CC(=O)NN=C1CC[C@@H]2[C@@H]3CC[C@H]4C[C@@H](OC(C)=O)CC[C@]4(C)[C@@H]3CC[C@]12C. The van der Waals surface area contributed by atoms with E-state index < -0.39 is 0 Å². The summed E-state index contributed by atoms with van der Waals surface area (Å²) in [5, 5.41) is 4.52. The van der Waals surface area contributed by atoms with E-state index in [1.165, 1.54) is 58.1 Å². The first-order valence-electron chi connectivity index (χ1n) is 11.2. The lowest BCUT2D eigenvalue weighted by molar-refractivity contribution is -0.158. The van der Waals surface area contributed by atoms with Gasteiger partial charge < -0.3 is 4.74 Å². The van der Waals surface area contributed by atoms with Gasteiger partial charge in [0.2, 0.25) is 5.91 Å². The molecule has 0 unspecified atom stereocenters. The van der Waals surface area contributed by atoms with E-state index in [0.717, 1.165) is 31.1 Å². The number of hydrazone groups is 1. The number of amides is 1. The average Bonchev–Trinajstić information content (AvgIpc) is 2.96. The van der Waals surface area contributed by atoms with Crippen molar-refractivity contribution in [3.05, 3.63) is 0 Å². The molecule has 28 heavy (non-hydrogen) atoms. The van der Waals surface area contributed by atoms with Crippen molar-refractivity contribution in [2.24, 2.45) is 39.6 Å². The molecule has 0 spiro atoms. The lowest BCUT2D eigenvalue weighted by Gasteiger charge is -2.60. The highest BCUT2D eigenvalue weighted by molar-refractivity contribution is 5.93. The van der Waals surface area contributed by atoms with Gasteiger partial charge in [-0.1, -0.05) is 13.8 Å². The Morgan fingerprint density at radius 3 is 2.54 bits per heavy atom. The second kappa shape index (κ2) is 7.14. The van der Waals surface area contributed by atoms with Crippen LogP contribution in [0, 0.1) is 34.5 Å². The first kappa shape index (κ1) is 19.9. The lowest BCUT2D eigenvalue weighted by atomic mass is 9.45. The fourth-order valence-corrected chi connectivity index (χ4v) is 7.68. The summed E-state index contributed by atoms with van der Waals surface area (Å²) in [6, 6.07) is 0. The third-order valence-electron chi connectivity index (χ3n) is 9.04. The van der Waals surface area contributed by atoms with E-state index in [4.69, 9.17) is 4.74 Å². The molecule has 1 N–H and O–H groups in total. The van der Waals surface area contributed by atoms with Gasteiger partial charge in [0.25, 0.3) is 0 Å². The van der Waals surface area contributed by atoms with E-state index in [2.05, 4.69) is 24.4 Å². The quantitative estimate of drug-likeness (QED) is 0.561. The molecule has 4 rings (SSSR count). The minimum atomic E-state index is -0.132. The first-order valence-corrected chi connectivity index (χ1v) is 11.2. The summed E-state index contributed by atoms with van der Waals surface area (Å²) in [5.74, 6) is 2.73. The lowest BCUT2D eigenvalue weighted by Crippen LogP contribution is -2.54. The Morgan fingerprint density at radius 2 is 1.82 bits per heavy atom. The highest BCUT2D eigenvalue weighted by Crippen LogP contribution is 2.65. The molecular weight excluding hydrogens is 352 g/mol. The van der Waals surface area contributed by atoms with Crippen LogP contribution in [0.25, 0.3) is 0 Å². The normalized spacial score (nSPS) is 46.3. The van der Waals surface area contributed by atoms with E-state index in [1.807, 2.05) is 0 Å². The molecule has 1 amide bonds. The van der Waals surface area contributed by atoms with E-state index in [9.17, 15) is 9.59 Å². The molecule has 4 aliphatic carbocycles. The number of hydrogen-bond acceptors (Lipinski definition) is 4. The summed E-state index contributed by atoms with van der Waals surface area (Å²) in [6.45, 7) is 7.99. The topological polar surface area (TPSA) is 67.8 Å². The van der Waals surface area contributed by atoms with Gasteiger partial charge in [0.1, 0.15) is 6.10 Å². The standard InChI is InChI=1S/C23H36N2O3/c1-14(26)24-25-21-8-7-19-18-6-5-16-13-17(28-15(2)27)9-11-22(16,3)20(18)10-12-23(19,21)4/h16-20H,5-13H2,1-4H3,(H,24,26)/t16-,17-,18-,19+,20+,22-,23-/m0/s1. The maximum atomic E-state index is 11.4. The minimum absolute atomic E-state index is 0.0780. The molecule has 0 saturated heterocycles. The molecule has 0 aromatic heterocycles. The maximum Gasteiger partial charge on any atom is 0.302 e. The van der Waals surface area contributed by atoms with Gasteiger partial charge in [0.05, 0.1) is 0 Å². The Labute approximate surface area is 169 Å². The van der Waals surface area contributed by atoms with Crippen molar-refractivity contribution in [2.45, 2.75) is 91.6 Å². The Kier molecular flexibility index (Phi) is 5.08. The van der Waals surface area contributed by atoms with Crippen molar-refractivity contribution >= 4 is 17.6 Å². The van der Waals surface area contributed by atoms with Gasteiger partial charge in [-0.25, -0.2) is 5.43 Å². The number of carbonyl (C=O) groups is 2. The molecule has 0 heterocycles. The number of rotatable bonds is 2. The number of hydrogen-bond donors (Lipinski definition) is 1. The summed E-state index contributed by atoms with van der Waals surface area (Å²) in [7, 11) is 0. The molecule has 0 aromatic carbocycles. The number of fused-ring (bicyclic) bond motifs is 5. The fourth-order valence-electron chi connectivity index (χ4n) is 7.68. The molecule has 0 bridgehead atoms. The van der Waals surface area contributed by atoms with Crippen LogP contribution in [0.4, 0.5) is 0 Å². The second-order valence-corrected chi connectivity index (χ2v) is 10.4. The van der Waals surface area contributed by atoms with Crippen LogP contribution in [-0.4, -0.2) is 23.7 Å². The van der Waals surface area contributed by atoms with Gasteiger partial charge in [-0.3, -0.25) is 9.59 Å². The average molecular weight is 389 g/mol. The summed E-state index contributed by atoms with van der Waals surface area (Å²) < 4.78 is 5.58. The second-order valence-electron chi connectivity index (χ2n) is 10.4. The Morgan fingerprint density at radius 1 is 1.04 bits per heavy atom. The van der Waals surface area contributed by atoms with Gasteiger partial charge in [-0.2, -0.15) is 5.10 Å². The summed E-state index contributed by atoms with van der Waals surface area (Å²) >= 11 is 0. The smallest absolute Gasteiger partial charge is 0.302 e. The van der Waals surface area contributed by atoms with Crippen molar-refractivity contribution in [2.75, 3.05) is 0 Å². The molecule has 5 nitrogen and oxygen atoms in total. The van der Waals surface area contributed by atoms with Gasteiger partial charge in [-0.05, 0) is 86.9 Å². The zero-order valence-corrected chi connectivity index (χ0v) is 17.9. The Hall–Kier alpha value is -1.39. The van der Waals surface area contributed by atoms with E-state index in [-0.39, 0.29) is 23.4 Å². The molecule has 5 heteroatoms. The third-order valence-corrected chi connectivity index (χ3v) is 9.04. The highest BCUT2D eigenvalue weighted by Gasteiger charge is 2.59. The zero-order valence-electron chi connectivity index (χ0n) is 17.9. The van der Waals surface area contributed by atoms with Crippen molar-refractivity contribution in [3.63, 3.8) is 0 Å². The number of carbonyl (C=O) groups excluding carboxylic acids is 2. The van der Waals surface area contributed by atoms with E-state index in [1.54, 1.807) is 0 Å². The molecule has 0 aliphatic heterocycles. The van der Waals surface area contributed by atoms with Gasteiger partial charge >= 0.3 is 5.97 Å². The maximum absolute atomic E-state index is 11.4. The van der Waals surface area contributed by atoms with Crippen LogP contribution in [0.3, 0.4) is 0 Å². The minimum Gasteiger partial charge on any atom is -0.463 e. The number of esters is 1. The highest BCUT2D eigenvalue weighted by atomic mass is 16.5. The molecule has 7 atom stereocenters. The summed E-state index contributed by atoms with van der Waals surface area (Å²) in [4.78, 5) is 22.7. The molecule has 156 valence electrons. The molecule has 0 radical (unpaired) electrons. The molecular formula is C23H36N2O3. The van der Waals surface area contributed by atoms with E-state index in [0.29, 0.717) is 17.3 Å². The van der Waals surface area contributed by atoms with Crippen LogP contribution in [-0.2, 0) is 14.3 Å². The predicted octanol–water partition coefficient (Wildman–Crippen LogP) is 4.45. The molecule has 0 aromatic rings. The van der Waals surface area contributed by atoms with Crippen LogP contribution in [0.2, 0.25) is 0 Å². The zero-order chi connectivity index (χ0) is 20.1. The van der Waals surface area contributed by atoms with Crippen LogP contribution in [0.15, 0.2) is 5.10 Å². The number of nitrogens with zero attached hydrogens (tertiary/aromatic N) is 1. The Bertz CT molecular complexity index is 689. The van der Waals surface area contributed by atoms with Crippen molar-refractivity contribution in [1.29, 1.82) is 0 Å². The van der Waals surface area contributed by atoms with Crippen molar-refractivity contribution < 1.29 is 14.3 Å². The fraction of sp³-hybridized carbons (Fsp3) is 0.870. The Balaban J connectivity index is 1.52. The van der Waals surface area contributed by atoms with E-state index >= 15 is 0 Å². The first-order chi connectivity index (χ1) is 13.2. The van der Waals surface area contributed by atoms with Gasteiger partial charge in [-0.15, -0.1) is 0 Å². The van der Waals surface area contributed by atoms with Crippen LogP contribution < -0.4 is 5.43 Å². The van der Waals surface area contributed by atoms with Crippen LogP contribution >= 0.6 is 0 Å². The summed E-state index contributed by atoms with van der Waals surface area (Å²) in [5.41, 5.74) is 4.46. The largest absolute Gasteiger partial charge is 0.463 e. The number of ether oxygens (including phenoxy) is 1. The third kappa shape index (κ3) is 3.19. The van der Waals surface area contributed by atoms with Crippen molar-refractivity contribution in [3.8, 4) is 0 Å².